The van der Waals surface area contributed by atoms with Crippen molar-refractivity contribution in [1.82, 2.24) is 0 Å². The van der Waals surface area contributed by atoms with Gasteiger partial charge in [0.1, 0.15) is 0 Å². The van der Waals surface area contributed by atoms with Gasteiger partial charge in [-0.2, -0.15) is 0 Å². The molecule has 0 aliphatic heterocycles. The Morgan fingerprint density at radius 3 is 2.40 bits per heavy atom. The van der Waals surface area contributed by atoms with E-state index in [1.165, 1.54) is 7.11 Å². The molecule has 1 unspecified atom stereocenters. The van der Waals surface area contributed by atoms with Crippen LogP contribution in [-0.4, -0.2) is 24.2 Å². The lowest BCUT2D eigenvalue weighted by atomic mass is 9.98. The molecule has 0 aromatic carbocycles. The molecule has 15 heavy (non-hydrogen) atoms. The summed E-state index contributed by atoms with van der Waals surface area (Å²) in [6, 6.07) is 0. The van der Waals surface area contributed by atoms with Crippen LogP contribution < -0.4 is 0 Å². The summed E-state index contributed by atoms with van der Waals surface area (Å²) in [5.41, 5.74) is 0. The van der Waals surface area contributed by atoms with E-state index in [-0.39, 0.29) is 6.42 Å². The first-order chi connectivity index (χ1) is 7.11. The first-order valence-electron chi connectivity index (χ1n) is 5.41. The van der Waals surface area contributed by atoms with Crippen LogP contribution in [0.5, 0.6) is 0 Å². The van der Waals surface area contributed by atoms with E-state index in [4.69, 9.17) is 5.11 Å². The Morgan fingerprint density at radius 2 is 1.93 bits per heavy atom. The maximum Gasteiger partial charge on any atom is 0.307 e. The Balaban J connectivity index is 3.84. The van der Waals surface area contributed by atoms with Gasteiger partial charge in [-0.15, -0.1) is 0 Å². The lowest BCUT2D eigenvalue weighted by Gasteiger charge is -2.10. The number of rotatable bonds is 8. The third kappa shape index (κ3) is 6.94. The Kier molecular flexibility index (Phi) is 7.68. The number of carbonyl (C=O) groups is 2. The van der Waals surface area contributed by atoms with E-state index in [1.54, 1.807) is 0 Å². The SMILES string of the molecule is CCCCCCC(CC(=O)OC)C(=O)O. The van der Waals surface area contributed by atoms with Crippen LogP contribution in [-0.2, 0) is 14.3 Å². The third-order valence-electron chi connectivity index (χ3n) is 2.40. The first-order valence-corrected chi connectivity index (χ1v) is 5.41. The van der Waals surface area contributed by atoms with Crippen molar-refractivity contribution in [1.29, 1.82) is 0 Å². The van der Waals surface area contributed by atoms with E-state index < -0.39 is 17.9 Å². The molecule has 0 fully saturated rings. The topological polar surface area (TPSA) is 63.6 Å². The summed E-state index contributed by atoms with van der Waals surface area (Å²) in [6.07, 6.45) is 4.67. The Morgan fingerprint density at radius 1 is 1.27 bits per heavy atom. The summed E-state index contributed by atoms with van der Waals surface area (Å²) in [7, 11) is 1.28. The second kappa shape index (κ2) is 8.26. The summed E-state index contributed by atoms with van der Waals surface area (Å²) in [5.74, 6) is -1.94. The highest BCUT2D eigenvalue weighted by molar-refractivity contribution is 5.78. The lowest BCUT2D eigenvalue weighted by molar-refractivity contribution is -0.150. The minimum absolute atomic E-state index is 0.0159. The lowest BCUT2D eigenvalue weighted by Crippen LogP contribution is -2.18. The number of aliphatic carboxylic acids is 1. The van der Waals surface area contributed by atoms with Crippen molar-refractivity contribution in [3.8, 4) is 0 Å². The highest BCUT2D eigenvalue weighted by Crippen LogP contribution is 2.15. The summed E-state index contributed by atoms with van der Waals surface area (Å²) < 4.78 is 4.46. The number of hydrogen-bond donors (Lipinski definition) is 1. The molecule has 1 N–H and O–H groups in total. The molecule has 0 saturated carbocycles. The van der Waals surface area contributed by atoms with Crippen LogP contribution in [0.15, 0.2) is 0 Å². The van der Waals surface area contributed by atoms with Crippen molar-refractivity contribution in [3.05, 3.63) is 0 Å². The van der Waals surface area contributed by atoms with E-state index in [2.05, 4.69) is 11.7 Å². The maximum atomic E-state index is 10.9. The van der Waals surface area contributed by atoms with Crippen molar-refractivity contribution in [2.24, 2.45) is 5.92 Å². The second-order valence-electron chi connectivity index (χ2n) is 3.66. The van der Waals surface area contributed by atoms with Crippen LogP contribution in [0.25, 0.3) is 0 Å². The maximum absolute atomic E-state index is 10.9. The number of carboxylic acid groups (broad SMARTS) is 1. The number of methoxy groups -OCH3 is 1. The minimum atomic E-state index is -0.906. The highest BCUT2D eigenvalue weighted by Gasteiger charge is 2.20. The van der Waals surface area contributed by atoms with Crippen LogP contribution in [0, 0.1) is 5.92 Å². The summed E-state index contributed by atoms with van der Waals surface area (Å²) >= 11 is 0. The van der Waals surface area contributed by atoms with Crippen LogP contribution in [0.2, 0.25) is 0 Å². The molecule has 1 atom stereocenters. The molecule has 0 amide bonds. The van der Waals surface area contributed by atoms with Crippen molar-refractivity contribution >= 4 is 11.9 Å². The zero-order chi connectivity index (χ0) is 11.7. The number of carbonyl (C=O) groups excluding carboxylic acids is 1. The van der Waals surface area contributed by atoms with Crippen molar-refractivity contribution in [2.75, 3.05) is 7.11 Å². The predicted molar refractivity (Wildman–Crippen MR) is 56.5 cm³/mol. The second-order valence-corrected chi connectivity index (χ2v) is 3.66. The van der Waals surface area contributed by atoms with Crippen LogP contribution in [0.1, 0.15) is 45.4 Å². The molecule has 4 heteroatoms. The zero-order valence-electron chi connectivity index (χ0n) is 9.49. The molecule has 0 radical (unpaired) electrons. The van der Waals surface area contributed by atoms with Gasteiger partial charge in [-0.05, 0) is 6.42 Å². The van der Waals surface area contributed by atoms with Gasteiger partial charge in [0.2, 0.25) is 0 Å². The van der Waals surface area contributed by atoms with E-state index in [0.29, 0.717) is 6.42 Å². The molecular formula is C11H20O4. The molecule has 0 aliphatic rings. The van der Waals surface area contributed by atoms with E-state index in [0.717, 1.165) is 25.7 Å². The monoisotopic (exact) mass is 216 g/mol. The fourth-order valence-electron chi connectivity index (χ4n) is 1.41. The van der Waals surface area contributed by atoms with Gasteiger partial charge >= 0.3 is 11.9 Å². The first kappa shape index (κ1) is 13.9. The fourth-order valence-corrected chi connectivity index (χ4v) is 1.41. The average molecular weight is 216 g/mol. The summed E-state index contributed by atoms with van der Waals surface area (Å²) in [6.45, 7) is 2.10. The molecule has 0 rings (SSSR count). The number of carboxylic acids is 1. The third-order valence-corrected chi connectivity index (χ3v) is 2.40. The molecule has 0 aromatic heterocycles. The van der Waals surface area contributed by atoms with Gasteiger partial charge in [0, 0.05) is 0 Å². The molecular weight excluding hydrogens is 196 g/mol. The quantitative estimate of drug-likeness (QED) is 0.499. The Labute approximate surface area is 90.6 Å². The standard InChI is InChI=1S/C11H20O4/c1-3-4-5-6-7-9(11(13)14)8-10(12)15-2/h9H,3-8H2,1-2H3,(H,13,14). The van der Waals surface area contributed by atoms with Gasteiger partial charge in [-0.25, -0.2) is 0 Å². The Bertz CT molecular complexity index is 201. The van der Waals surface area contributed by atoms with Crippen molar-refractivity contribution in [2.45, 2.75) is 45.4 Å². The van der Waals surface area contributed by atoms with E-state index in [1.807, 2.05) is 0 Å². The number of esters is 1. The van der Waals surface area contributed by atoms with E-state index in [9.17, 15) is 9.59 Å². The van der Waals surface area contributed by atoms with Crippen molar-refractivity contribution < 1.29 is 19.4 Å². The molecule has 0 aliphatic carbocycles. The Hall–Kier alpha value is -1.06. The number of ether oxygens (including phenoxy) is 1. The average Bonchev–Trinajstić information content (AvgIpc) is 2.21. The van der Waals surface area contributed by atoms with Gasteiger partial charge in [-0.3, -0.25) is 9.59 Å². The van der Waals surface area contributed by atoms with Gasteiger partial charge in [0.25, 0.3) is 0 Å². The minimum Gasteiger partial charge on any atom is -0.481 e. The van der Waals surface area contributed by atoms with Gasteiger partial charge in [0.15, 0.2) is 0 Å². The predicted octanol–water partition coefficient (Wildman–Crippen LogP) is 2.22. The largest absolute Gasteiger partial charge is 0.481 e. The molecule has 88 valence electrons. The molecule has 0 aromatic rings. The zero-order valence-corrected chi connectivity index (χ0v) is 9.49. The van der Waals surface area contributed by atoms with Crippen molar-refractivity contribution in [3.63, 3.8) is 0 Å². The van der Waals surface area contributed by atoms with Gasteiger partial charge in [-0.1, -0.05) is 32.6 Å². The molecule has 0 bridgehead atoms. The molecule has 0 spiro atoms. The summed E-state index contributed by atoms with van der Waals surface area (Å²) in [5, 5.41) is 8.87. The van der Waals surface area contributed by atoms with Crippen LogP contribution >= 0.6 is 0 Å². The van der Waals surface area contributed by atoms with Gasteiger partial charge in [0.05, 0.1) is 19.4 Å². The van der Waals surface area contributed by atoms with Crippen LogP contribution in [0.4, 0.5) is 0 Å². The fraction of sp³-hybridized carbons (Fsp3) is 0.818. The summed E-state index contributed by atoms with van der Waals surface area (Å²) in [4.78, 5) is 21.7. The van der Waals surface area contributed by atoms with Crippen LogP contribution in [0.3, 0.4) is 0 Å². The highest BCUT2D eigenvalue weighted by atomic mass is 16.5. The molecule has 0 heterocycles. The normalized spacial score (nSPS) is 12.1. The molecule has 4 nitrogen and oxygen atoms in total. The molecule has 0 saturated heterocycles. The number of unbranched alkanes of at least 4 members (excludes halogenated alkanes) is 3. The van der Waals surface area contributed by atoms with Gasteiger partial charge < -0.3 is 9.84 Å². The van der Waals surface area contributed by atoms with E-state index >= 15 is 0 Å². The smallest absolute Gasteiger partial charge is 0.307 e. The number of hydrogen-bond acceptors (Lipinski definition) is 3.